The molecule has 13 aromatic rings. The monoisotopic (exact) mass is 910 g/mol. The molecule has 0 unspecified atom stereocenters. The highest BCUT2D eigenvalue weighted by Crippen LogP contribution is 2.61. The number of anilines is 6. The maximum atomic E-state index is 6.98. The highest BCUT2D eigenvalue weighted by molar-refractivity contribution is 6.16. The second-order valence-corrected chi connectivity index (χ2v) is 18.8. The Morgan fingerprint density at radius 3 is 1.30 bits per heavy atom. The van der Waals surface area contributed by atoms with Crippen LogP contribution >= 0.6 is 0 Å². The van der Waals surface area contributed by atoms with Gasteiger partial charge in [-0.1, -0.05) is 188 Å². The van der Waals surface area contributed by atoms with Crippen LogP contribution in [0, 0.1) is 13.8 Å². The molecule has 0 N–H and O–H groups in total. The number of rotatable bonds is 8. The largest absolute Gasteiger partial charge is 0.454 e. The molecule has 0 fully saturated rings. The summed E-state index contributed by atoms with van der Waals surface area (Å²) in [5.41, 5.74) is 18.4. The summed E-state index contributed by atoms with van der Waals surface area (Å²) in [6, 6.07) is 88.2. The minimum absolute atomic E-state index is 0.752. The van der Waals surface area contributed by atoms with E-state index in [-0.39, 0.29) is 0 Å². The summed E-state index contributed by atoms with van der Waals surface area (Å²) in [6.07, 6.45) is 0. The number of fused-ring (bicyclic) bond motifs is 11. The molecule has 0 spiro atoms. The number of benzene rings is 11. The summed E-state index contributed by atoms with van der Waals surface area (Å²) in [6.45, 7) is 4.25. The van der Waals surface area contributed by atoms with E-state index in [0.29, 0.717) is 0 Å². The van der Waals surface area contributed by atoms with Gasteiger partial charge in [0, 0.05) is 44.0 Å². The molecular formula is C67H46N2O2. The Hall–Kier alpha value is -9.12. The van der Waals surface area contributed by atoms with Crippen molar-refractivity contribution in [3.63, 3.8) is 0 Å². The average molecular weight is 911 g/mol. The first-order valence-corrected chi connectivity index (χ1v) is 24.4. The van der Waals surface area contributed by atoms with E-state index in [9.17, 15) is 0 Å². The van der Waals surface area contributed by atoms with E-state index in [2.05, 4.69) is 266 Å². The SMILES string of the molecule is Cc1cccc2c1oc1c(N(c3ccccc3)c3ccc4c(c3)C(c3ccccc3)(c3ccccc3)c3cc(N(c5ccccc5)c5cccc6c5oc5c(C)cccc56)c5ccccc5c3-4)cccc12. The van der Waals surface area contributed by atoms with Gasteiger partial charge in [0.15, 0.2) is 11.2 Å². The fourth-order valence-corrected chi connectivity index (χ4v) is 11.9. The predicted molar refractivity (Wildman–Crippen MR) is 295 cm³/mol. The van der Waals surface area contributed by atoms with Crippen molar-refractivity contribution in [2.75, 3.05) is 9.80 Å². The molecule has 1 aliphatic rings. The Balaban J connectivity index is 1.09. The van der Waals surface area contributed by atoms with E-state index in [4.69, 9.17) is 8.83 Å². The van der Waals surface area contributed by atoms with Crippen molar-refractivity contribution in [2.45, 2.75) is 19.3 Å². The molecule has 0 aliphatic heterocycles. The van der Waals surface area contributed by atoms with E-state index in [1.807, 2.05) is 0 Å². The highest BCUT2D eigenvalue weighted by Gasteiger charge is 2.48. The van der Waals surface area contributed by atoms with Gasteiger partial charge in [-0.25, -0.2) is 0 Å². The van der Waals surface area contributed by atoms with E-state index in [1.54, 1.807) is 0 Å². The molecule has 71 heavy (non-hydrogen) atoms. The van der Waals surface area contributed by atoms with Gasteiger partial charge in [-0.2, -0.15) is 0 Å². The molecular weight excluding hydrogens is 865 g/mol. The van der Waals surface area contributed by atoms with E-state index >= 15 is 0 Å². The van der Waals surface area contributed by atoms with E-state index in [0.717, 1.165) is 94.5 Å². The third kappa shape index (κ3) is 6.04. The zero-order valence-corrected chi connectivity index (χ0v) is 39.3. The summed E-state index contributed by atoms with van der Waals surface area (Å²) in [5.74, 6) is 0. The third-order valence-corrected chi connectivity index (χ3v) is 14.9. The van der Waals surface area contributed by atoms with Crippen molar-refractivity contribution in [2.24, 2.45) is 0 Å². The van der Waals surface area contributed by atoms with Crippen molar-refractivity contribution in [1.82, 2.24) is 0 Å². The van der Waals surface area contributed by atoms with Gasteiger partial charge in [0.25, 0.3) is 0 Å². The highest BCUT2D eigenvalue weighted by atomic mass is 16.3. The zero-order valence-electron chi connectivity index (χ0n) is 39.3. The van der Waals surface area contributed by atoms with Crippen molar-refractivity contribution >= 4 is 88.8 Å². The Bertz CT molecular complexity index is 4150. The Labute approximate surface area is 411 Å². The molecule has 0 radical (unpaired) electrons. The van der Waals surface area contributed by atoms with Crippen LogP contribution < -0.4 is 9.80 Å². The number of hydrogen-bond acceptors (Lipinski definition) is 4. The topological polar surface area (TPSA) is 32.8 Å². The molecule has 336 valence electrons. The zero-order chi connectivity index (χ0) is 47.2. The first-order valence-electron chi connectivity index (χ1n) is 24.4. The van der Waals surface area contributed by atoms with Crippen LogP contribution in [-0.4, -0.2) is 0 Å². The van der Waals surface area contributed by atoms with Crippen molar-refractivity contribution in [1.29, 1.82) is 0 Å². The van der Waals surface area contributed by atoms with Crippen LogP contribution in [0.3, 0.4) is 0 Å². The van der Waals surface area contributed by atoms with Crippen molar-refractivity contribution in [3.8, 4) is 11.1 Å². The Kier molecular flexibility index (Phi) is 9.21. The first kappa shape index (κ1) is 40.9. The number of aryl methyl sites for hydroxylation is 2. The van der Waals surface area contributed by atoms with E-state index in [1.165, 1.54) is 38.8 Å². The fourth-order valence-electron chi connectivity index (χ4n) is 11.9. The molecule has 2 aromatic heterocycles. The van der Waals surface area contributed by atoms with Crippen LogP contribution in [-0.2, 0) is 5.41 Å². The number of hydrogen-bond donors (Lipinski definition) is 0. The van der Waals surface area contributed by atoms with Gasteiger partial charge < -0.3 is 18.6 Å². The van der Waals surface area contributed by atoms with Crippen LogP contribution in [0.4, 0.5) is 34.1 Å². The smallest absolute Gasteiger partial charge is 0.159 e. The van der Waals surface area contributed by atoms with E-state index < -0.39 is 5.41 Å². The summed E-state index contributed by atoms with van der Waals surface area (Å²) < 4.78 is 13.9. The summed E-state index contributed by atoms with van der Waals surface area (Å²) in [4.78, 5) is 4.80. The van der Waals surface area contributed by atoms with Crippen LogP contribution in [0.25, 0.3) is 65.8 Å². The first-order chi connectivity index (χ1) is 35.1. The van der Waals surface area contributed by atoms with Crippen LogP contribution in [0.15, 0.2) is 251 Å². The van der Waals surface area contributed by atoms with Gasteiger partial charge in [0.1, 0.15) is 11.2 Å². The predicted octanol–water partition coefficient (Wildman–Crippen LogP) is 18.6. The molecule has 0 amide bonds. The summed E-state index contributed by atoms with van der Waals surface area (Å²) in [7, 11) is 0. The third-order valence-electron chi connectivity index (χ3n) is 14.9. The minimum Gasteiger partial charge on any atom is -0.454 e. The lowest BCUT2D eigenvalue weighted by atomic mass is 9.67. The Morgan fingerprint density at radius 1 is 0.310 bits per heavy atom. The number of para-hydroxylation sites is 6. The molecule has 11 aromatic carbocycles. The molecule has 1 aliphatic carbocycles. The maximum absolute atomic E-state index is 6.98. The quantitative estimate of drug-likeness (QED) is 0.152. The molecule has 0 bridgehead atoms. The molecule has 4 heteroatoms. The second kappa shape index (κ2) is 16.0. The molecule has 0 atom stereocenters. The lowest BCUT2D eigenvalue weighted by molar-refractivity contribution is 0.665. The number of nitrogens with zero attached hydrogens (tertiary/aromatic N) is 2. The van der Waals surface area contributed by atoms with Gasteiger partial charge in [-0.3, -0.25) is 0 Å². The molecule has 4 nitrogen and oxygen atoms in total. The van der Waals surface area contributed by atoms with Gasteiger partial charge >= 0.3 is 0 Å². The van der Waals surface area contributed by atoms with Crippen LogP contribution in [0.1, 0.15) is 33.4 Å². The normalized spacial score (nSPS) is 12.8. The average Bonchev–Trinajstić information content (AvgIpc) is 4.11. The van der Waals surface area contributed by atoms with Gasteiger partial charge in [0.2, 0.25) is 0 Å². The lowest BCUT2D eigenvalue weighted by Crippen LogP contribution is -2.29. The van der Waals surface area contributed by atoms with Crippen molar-refractivity contribution in [3.05, 3.63) is 276 Å². The van der Waals surface area contributed by atoms with Crippen molar-refractivity contribution < 1.29 is 8.83 Å². The van der Waals surface area contributed by atoms with Gasteiger partial charge in [-0.05, 0) is 118 Å². The summed E-state index contributed by atoms with van der Waals surface area (Å²) >= 11 is 0. The molecule has 2 heterocycles. The van der Waals surface area contributed by atoms with Gasteiger partial charge in [-0.15, -0.1) is 0 Å². The summed E-state index contributed by atoms with van der Waals surface area (Å²) in [5, 5.41) is 6.73. The van der Waals surface area contributed by atoms with Crippen LogP contribution in [0.5, 0.6) is 0 Å². The van der Waals surface area contributed by atoms with Crippen LogP contribution in [0.2, 0.25) is 0 Å². The standard InChI is InChI=1S/C67H46N2O2/c1-43-21-17-33-52-54-35-19-37-59(65(54)70-63(43)52)68(47-27-11-5-12-28-47)49-39-40-56-57(41-49)67(45-23-7-3-8-24-45,46-25-9-4-10-26-46)58-42-61(50-31-15-16-32-51(50)62(56)58)69(48-29-13-6-14-30-48)60-38-20-36-55-53-34-18-22-44(2)64(53)71-66(55)60/h3-42H,1-2H3. The molecule has 0 saturated carbocycles. The maximum Gasteiger partial charge on any atom is 0.159 e. The molecule has 0 saturated heterocycles. The lowest BCUT2D eigenvalue weighted by Gasteiger charge is -2.36. The fraction of sp³-hybridized carbons (Fsp3) is 0.0448. The second-order valence-electron chi connectivity index (χ2n) is 18.8. The van der Waals surface area contributed by atoms with Gasteiger partial charge in [0.05, 0.1) is 22.5 Å². The molecule has 14 rings (SSSR count). The Morgan fingerprint density at radius 2 is 0.746 bits per heavy atom. The minimum atomic E-state index is -0.752. The number of furan rings is 2.